The molecule has 1 atom stereocenters. The normalized spacial score (nSPS) is 15.9. The number of aryl methyl sites for hydroxylation is 1. The number of nitrogens with zero attached hydrogens (tertiary/aromatic N) is 1. The molecule has 3 aromatic rings. The second-order valence-electron chi connectivity index (χ2n) is 8.23. The number of aromatic nitrogens is 1. The summed E-state index contributed by atoms with van der Waals surface area (Å²) in [7, 11) is 0. The lowest BCUT2D eigenvalue weighted by molar-refractivity contribution is 0.00465. The molecular weight excluding hydrogens is 390 g/mol. The fourth-order valence-corrected chi connectivity index (χ4v) is 4.18. The zero-order chi connectivity index (χ0) is 21.5. The van der Waals surface area contributed by atoms with Crippen molar-refractivity contribution in [1.29, 1.82) is 0 Å². The highest BCUT2D eigenvalue weighted by Gasteiger charge is 2.15. The van der Waals surface area contributed by atoms with E-state index >= 15 is 0 Å². The van der Waals surface area contributed by atoms with Crippen LogP contribution in [0.5, 0.6) is 5.75 Å². The number of morpholine rings is 1. The van der Waals surface area contributed by atoms with E-state index < -0.39 is 6.10 Å². The van der Waals surface area contributed by atoms with Crippen molar-refractivity contribution in [3.8, 4) is 5.75 Å². The van der Waals surface area contributed by atoms with Crippen LogP contribution in [0.15, 0.2) is 48.5 Å². The SMILES string of the molecule is Cc1[nH]c2ccccc2c1CCNCc1cccc(OCC(O)CN2CCOCC2)c1. The molecule has 1 saturated heterocycles. The average molecular weight is 424 g/mol. The fraction of sp³-hybridized carbons (Fsp3) is 0.440. The highest BCUT2D eigenvalue weighted by molar-refractivity contribution is 5.84. The number of H-pyrrole nitrogens is 1. The number of hydrogen-bond donors (Lipinski definition) is 3. The van der Waals surface area contributed by atoms with Crippen LogP contribution in [0.25, 0.3) is 10.9 Å². The first-order chi connectivity index (χ1) is 15.2. The molecule has 31 heavy (non-hydrogen) atoms. The van der Waals surface area contributed by atoms with E-state index in [1.807, 2.05) is 18.2 Å². The Morgan fingerprint density at radius 2 is 2.00 bits per heavy atom. The molecular formula is C25H33N3O3. The van der Waals surface area contributed by atoms with Crippen molar-refractivity contribution in [1.82, 2.24) is 15.2 Å². The minimum absolute atomic E-state index is 0.300. The van der Waals surface area contributed by atoms with Gasteiger partial charge in [0.1, 0.15) is 18.5 Å². The Labute approximate surface area is 184 Å². The molecule has 1 fully saturated rings. The third-order valence-corrected chi connectivity index (χ3v) is 5.82. The molecule has 3 N–H and O–H groups in total. The smallest absolute Gasteiger partial charge is 0.119 e. The summed E-state index contributed by atoms with van der Waals surface area (Å²) in [6, 6.07) is 16.6. The van der Waals surface area contributed by atoms with Crippen molar-refractivity contribution < 1.29 is 14.6 Å². The van der Waals surface area contributed by atoms with E-state index in [1.165, 1.54) is 27.7 Å². The van der Waals surface area contributed by atoms with Gasteiger partial charge in [0.2, 0.25) is 0 Å². The van der Waals surface area contributed by atoms with E-state index in [2.05, 4.69) is 52.5 Å². The van der Waals surface area contributed by atoms with Crippen molar-refractivity contribution in [3.05, 3.63) is 65.4 Å². The average Bonchev–Trinajstić information content (AvgIpc) is 3.11. The van der Waals surface area contributed by atoms with E-state index in [9.17, 15) is 5.11 Å². The molecule has 6 heteroatoms. The molecule has 1 unspecified atom stereocenters. The van der Waals surface area contributed by atoms with Crippen LogP contribution < -0.4 is 10.1 Å². The molecule has 6 nitrogen and oxygen atoms in total. The Morgan fingerprint density at radius 3 is 2.87 bits per heavy atom. The summed E-state index contributed by atoms with van der Waals surface area (Å²) in [5.41, 5.74) is 5.01. The lowest BCUT2D eigenvalue weighted by Gasteiger charge is -2.28. The third-order valence-electron chi connectivity index (χ3n) is 5.82. The van der Waals surface area contributed by atoms with Gasteiger partial charge in [-0.25, -0.2) is 0 Å². The lowest BCUT2D eigenvalue weighted by atomic mass is 10.1. The van der Waals surface area contributed by atoms with Crippen molar-refractivity contribution in [2.24, 2.45) is 0 Å². The van der Waals surface area contributed by atoms with E-state index in [0.717, 1.165) is 51.6 Å². The number of aliphatic hydroxyl groups excluding tert-OH is 1. The summed E-state index contributed by atoms with van der Waals surface area (Å²) in [6.45, 7) is 7.98. The minimum Gasteiger partial charge on any atom is -0.491 e. The summed E-state index contributed by atoms with van der Waals surface area (Å²) in [6.07, 6.45) is 0.485. The summed E-state index contributed by atoms with van der Waals surface area (Å²) in [5, 5.41) is 15.1. The Bertz CT molecular complexity index is 966. The maximum absolute atomic E-state index is 10.3. The number of benzene rings is 2. The van der Waals surface area contributed by atoms with Crippen molar-refractivity contribution in [3.63, 3.8) is 0 Å². The largest absolute Gasteiger partial charge is 0.491 e. The zero-order valence-electron chi connectivity index (χ0n) is 18.3. The van der Waals surface area contributed by atoms with Crippen molar-refractivity contribution in [2.45, 2.75) is 26.0 Å². The van der Waals surface area contributed by atoms with Gasteiger partial charge in [-0.1, -0.05) is 30.3 Å². The first kappa shape index (κ1) is 21.8. The molecule has 0 aliphatic carbocycles. The monoisotopic (exact) mass is 423 g/mol. The summed E-state index contributed by atoms with van der Waals surface area (Å²) in [5.74, 6) is 0.799. The molecule has 0 amide bonds. The van der Waals surface area contributed by atoms with Gasteiger partial charge in [0, 0.05) is 42.8 Å². The molecule has 4 rings (SSSR count). The number of aromatic amines is 1. The van der Waals surface area contributed by atoms with Crippen LogP contribution in [0, 0.1) is 6.92 Å². The van der Waals surface area contributed by atoms with Gasteiger partial charge in [0.05, 0.1) is 13.2 Å². The molecule has 0 spiro atoms. The fourth-order valence-electron chi connectivity index (χ4n) is 4.18. The standard InChI is InChI=1S/C25H33N3O3/c1-19-23(24-7-2-3-8-25(24)27-19)9-10-26-16-20-5-4-6-22(15-20)31-18-21(29)17-28-11-13-30-14-12-28/h2-8,15,21,26-27,29H,9-14,16-18H2,1H3. The summed E-state index contributed by atoms with van der Waals surface area (Å²) < 4.78 is 11.2. The first-order valence-electron chi connectivity index (χ1n) is 11.2. The Hall–Kier alpha value is -2.38. The highest BCUT2D eigenvalue weighted by atomic mass is 16.5. The molecule has 166 valence electrons. The molecule has 2 heterocycles. The first-order valence-corrected chi connectivity index (χ1v) is 11.2. The number of aliphatic hydroxyl groups is 1. The van der Waals surface area contributed by atoms with E-state index in [-0.39, 0.29) is 0 Å². The van der Waals surface area contributed by atoms with Crippen LogP contribution in [-0.4, -0.2) is 67.1 Å². The number of fused-ring (bicyclic) bond motifs is 1. The maximum atomic E-state index is 10.3. The second-order valence-corrected chi connectivity index (χ2v) is 8.23. The highest BCUT2D eigenvalue weighted by Crippen LogP contribution is 2.22. The van der Waals surface area contributed by atoms with Crippen LogP contribution >= 0.6 is 0 Å². The van der Waals surface area contributed by atoms with Gasteiger partial charge < -0.3 is 24.9 Å². The van der Waals surface area contributed by atoms with Gasteiger partial charge in [0.25, 0.3) is 0 Å². The molecule has 1 aromatic heterocycles. The van der Waals surface area contributed by atoms with Crippen LogP contribution in [0.2, 0.25) is 0 Å². The van der Waals surface area contributed by atoms with Crippen molar-refractivity contribution >= 4 is 10.9 Å². The molecule has 0 bridgehead atoms. The van der Waals surface area contributed by atoms with Crippen LogP contribution in [0.1, 0.15) is 16.8 Å². The topological polar surface area (TPSA) is 69.8 Å². The van der Waals surface area contributed by atoms with Gasteiger partial charge in [-0.2, -0.15) is 0 Å². The number of para-hydroxylation sites is 1. The number of rotatable bonds is 10. The summed E-state index contributed by atoms with van der Waals surface area (Å²) >= 11 is 0. The van der Waals surface area contributed by atoms with Gasteiger partial charge in [-0.3, -0.25) is 4.90 Å². The Morgan fingerprint density at radius 1 is 1.16 bits per heavy atom. The minimum atomic E-state index is -0.501. The predicted molar refractivity (Wildman–Crippen MR) is 124 cm³/mol. The Kier molecular flexibility index (Phi) is 7.59. The lowest BCUT2D eigenvalue weighted by Crippen LogP contribution is -2.42. The number of β-amino-alcohol motifs (C(OH)–C–C–N with tert-alkyl or cyclic N) is 1. The van der Waals surface area contributed by atoms with Gasteiger partial charge >= 0.3 is 0 Å². The number of nitrogens with one attached hydrogen (secondary N) is 2. The van der Waals surface area contributed by atoms with Crippen LogP contribution in [0.3, 0.4) is 0 Å². The van der Waals surface area contributed by atoms with Gasteiger partial charge in [-0.15, -0.1) is 0 Å². The quantitative estimate of drug-likeness (QED) is 0.438. The second kappa shape index (κ2) is 10.8. The third kappa shape index (κ3) is 6.08. The molecule has 1 aliphatic heterocycles. The van der Waals surface area contributed by atoms with Gasteiger partial charge in [0.15, 0.2) is 0 Å². The molecule has 2 aromatic carbocycles. The summed E-state index contributed by atoms with van der Waals surface area (Å²) in [4.78, 5) is 5.68. The zero-order valence-corrected chi connectivity index (χ0v) is 18.3. The van der Waals surface area contributed by atoms with E-state index in [4.69, 9.17) is 9.47 Å². The molecule has 1 aliphatic rings. The molecule has 0 radical (unpaired) electrons. The molecule has 0 saturated carbocycles. The predicted octanol–water partition coefficient (Wildman–Crippen LogP) is 2.88. The van der Waals surface area contributed by atoms with Crippen LogP contribution in [0.4, 0.5) is 0 Å². The van der Waals surface area contributed by atoms with E-state index in [0.29, 0.717) is 13.2 Å². The van der Waals surface area contributed by atoms with Crippen LogP contribution in [-0.2, 0) is 17.7 Å². The number of hydrogen-bond acceptors (Lipinski definition) is 5. The van der Waals surface area contributed by atoms with Gasteiger partial charge in [-0.05, 0) is 49.2 Å². The Balaban J connectivity index is 1.21. The van der Waals surface area contributed by atoms with E-state index in [1.54, 1.807) is 0 Å². The maximum Gasteiger partial charge on any atom is 0.119 e. The number of ether oxygens (including phenoxy) is 2. The van der Waals surface area contributed by atoms with Crippen molar-refractivity contribution in [2.75, 3.05) is 46.0 Å².